The summed E-state index contributed by atoms with van der Waals surface area (Å²) in [7, 11) is 0. The number of hydrogen-bond donors (Lipinski definition) is 0. The Morgan fingerprint density at radius 3 is 2.47 bits per heavy atom. The number of benzene rings is 2. The zero-order chi connectivity index (χ0) is 14.2. The van der Waals surface area contributed by atoms with Crippen LogP contribution >= 0.6 is 39.1 Å². The third-order valence-electron chi connectivity index (χ3n) is 2.56. The Hall–Kier alpha value is -0.900. The fourth-order valence-electron chi connectivity index (χ4n) is 1.72. The van der Waals surface area contributed by atoms with Crippen LogP contribution in [0.3, 0.4) is 0 Å². The average Bonchev–Trinajstić information content (AvgIpc) is 2.31. The molecule has 2 rings (SSSR count). The molecule has 0 spiro atoms. The maximum atomic E-state index is 13.8. The van der Waals surface area contributed by atoms with Crippen LogP contribution in [0.2, 0.25) is 10.0 Å². The summed E-state index contributed by atoms with van der Waals surface area (Å²) in [5.74, 6) is -1.07. The molecule has 0 heterocycles. The van der Waals surface area contributed by atoms with E-state index in [0.29, 0.717) is 15.1 Å². The molecule has 98 valence electrons. The van der Waals surface area contributed by atoms with Crippen molar-refractivity contribution in [2.45, 2.75) is 6.92 Å². The van der Waals surface area contributed by atoms with E-state index in [-0.39, 0.29) is 10.6 Å². The zero-order valence-electron chi connectivity index (χ0n) is 9.81. The van der Waals surface area contributed by atoms with Crippen molar-refractivity contribution in [1.29, 1.82) is 0 Å². The largest absolute Gasteiger partial charge is 0.288 e. The molecule has 0 atom stereocenters. The van der Waals surface area contributed by atoms with E-state index in [2.05, 4.69) is 15.9 Å². The second kappa shape index (κ2) is 5.61. The van der Waals surface area contributed by atoms with Crippen LogP contribution in [-0.2, 0) is 0 Å². The third kappa shape index (κ3) is 3.16. The molecular weight excluding hydrogens is 354 g/mol. The fourth-order valence-corrected chi connectivity index (χ4v) is 2.49. The predicted molar refractivity (Wildman–Crippen MR) is 78.7 cm³/mol. The normalized spacial score (nSPS) is 10.6. The topological polar surface area (TPSA) is 17.1 Å². The first-order valence-corrected chi connectivity index (χ1v) is 6.90. The summed E-state index contributed by atoms with van der Waals surface area (Å²) in [6.07, 6.45) is 0. The highest BCUT2D eigenvalue weighted by atomic mass is 79.9. The Morgan fingerprint density at radius 1 is 1.16 bits per heavy atom. The van der Waals surface area contributed by atoms with E-state index in [4.69, 9.17) is 23.2 Å². The van der Waals surface area contributed by atoms with E-state index in [1.165, 1.54) is 18.2 Å². The molecule has 0 unspecified atom stereocenters. The van der Waals surface area contributed by atoms with Gasteiger partial charge >= 0.3 is 0 Å². The molecule has 0 aliphatic carbocycles. The minimum atomic E-state index is -0.626. The maximum absolute atomic E-state index is 13.8. The van der Waals surface area contributed by atoms with Gasteiger partial charge in [-0.2, -0.15) is 0 Å². The molecule has 0 N–H and O–H groups in total. The number of aryl methyl sites for hydroxylation is 1. The van der Waals surface area contributed by atoms with Gasteiger partial charge in [-0.25, -0.2) is 4.39 Å². The summed E-state index contributed by atoms with van der Waals surface area (Å²) in [5.41, 5.74) is 1.09. The molecule has 0 aliphatic rings. The van der Waals surface area contributed by atoms with Crippen molar-refractivity contribution in [3.8, 4) is 0 Å². The fraction of sp³-hybridized carbons (Fsp3) is 0.0714. The summed E-state index contributed by atoms with van der Waals surface area (Å²) < 4.78 is 14.2. The number of halogens is 4. The summed E-state index contributed by atoms with van der Waals surface area (Å²) in [5, 5.41) is 0.718. The Balaban J connectivity index is 2.53. The van der Waals surface area contributed by atoms with E-state index in [9.17, 15) is 9.18 Å². The predicted octanol–water partition coefficient (Wildman–Crippen LogP) is 5.43. The van der Waals surface area contributed by atoms with Gasteiger partial charge in [-0.15, -0.1) is 0 Å². The number of carbonyl (C=O) groups excluding carboxylic acids is 1. The standard InChI is InChI=1S/C14H8BrCl2FO/c1-7-2-8(4-9(16)3-7)14(19)10-5-12(17)11(15)6-13(10)18/h2-6H,1H3. The van der Waals surface area contributed by atoms with Crippen LogP contribution in [0.25, 0.3) is 0 Å². The van der Waals surface area contributed by atoms with Gasteiger partial charge < -0.3 is 0 Å². The summed E-state index contributed by atoms with van der Waals surface area (Å²) in [4.78, 5) is 12.3. The number of hydrogen-bond acceptors (Lipinski definition) is 1. The first-order valence-electron chi connectivity index (χ1n) is 5.35. The highest BCUT2D eigenvalue weighted by molar-refractivity contribution is 9.10. The van der Waals surface area contributed by atoms with E-state index < -0.39 is 11.6 Å². The van der Waals surface area contributed by atoms with Gasteiger partial charge in [0, 0.05) is 15.1 Å². The van der Waals surface area contributed by atoms with E-state index in [1.54, 1.807) is 12.1 Å². The Labute approximate surface area is 128 Å². The van der Waals surface area contributed by atoms with Crippen molar-refractivity contribution in [1.82, 2.24) is 0 Å². The lowest BCUT2D eigenvalue weighted by Crippen LogP contribution is -2.05. The summed E-state index contributed by atoms with van der Waals surface area (Å²) in [6.45, 7) is 1.81. The lowest BCUT2D eigenvalue weighted by atomic mass is 10.0. The molecule has 0 aromatic heterocycles. The van der Waals surface area contributed by atoms with Gasteiger partial charge in [0.2, 0.25) is 0 Å². The van der Waals surface area contributed by atoms with Gasteiger partial charge in [-0.05, 0) is 58.7 Å². The lowest BCUT2D eigenvalue weighted by Gasteiger charge is -2.06. The second-order valence-corrected chi connectivity index (χ2v) is 5.79. The van der Waals surface area contributed by atoms with Crippen LogP contribution in [0.1, 0.15) is 21.5 Å². The molecule has 0 radical (unpaired) electrons. The van der Waals surface area contributed by atoms with E-state index in [1.807, 2.05) is 6.92 Å². The van der Waals surface area contributed by atoms with Crippen molar-refractivity contribution in [2.75, 3.05) is 0 Å². The molecule has 0 amide bonds. The van der Waals surface area contributed by atoms with Gasteiger partial charge in [-0.3, -0.25) is 4.79 Å². The van der Waals surface area contributed by atoms with Crippen LogP contribution in [0.15, 0.2) is 34.8 Å². The second-order valence-electron chi connectivity index (χ2n) is 4.09. The van der Waals surface area contributed by atoms with Crippen molar-refractivity contribution >= 4 is 44.9 Å². The number of carbonyl (C=O) groups is 1. The molecule has 2 aromatic carbocycles. The van der Waals surface area contributed by atoms with Gasteiger partial charge in [0.1, 0.15) is 5.82 Å². The quantitative estimate of drug-likeness (QED) is 0.514. The first kappa shape index (κ1) is 14.5. The molecule has 0 bridgehead atoms. The maximum Gasteiger partial charge on any atom is 0.196 e. The van der Waals surface area contributed by atoms with E-state index >= 15 is 0 Å². The SMILES string of the molecule is Cc1cc(Cl)cc(C(=O)c2cc(Cl)c(Br)cc2F)c1. The smallest absolute Gasteiger partial charge is 0.196 e. The minimum absolute atomic E-state index is 0.0742. The van der Waals surface area contributed by atoms with Crippen molar-refractivity contribution in [3.05, 3.63) is 67.4 Å². The van der Waals surface area contributed by atoms with Crippen LogP contribution in [0, 0.1) is 12.7 Å². The van der Waals surface area contributed by atoms with Gasteiger partial charge in [0.05, 0.1) is 10.6 Å². The molecule has 2 aromatic rings. The van der Waals surface area contributed by atoms with Crippen LogP contribution in [0.5, 0.6) is 0 Å². The van der Waals surface area contributed by atoms with Crippen LogP contribution in [0.4, 0.5) is 4.39 Å². The number of rotatable bonds is 2. The summed E-state index contributed by atoms with van der Waals surface area (Å²) in [6, 6.07) is 7.37. The molecule has 0 fully saturated rings. The highest BCUT2D eigenvalue weighted by Crippen LogP contribution is 2.27. The summed E-state index contributed by atoms with van der Waals surface area (Å²) >= 11 is 14.9. The van der Waals surface area contributed by atoms with Gasteiger partial charge in [0.25, 0.3) is 0 Å². The van der Waals surface area contributed by atoms with Crippen molar-refractivity contribution < 1.29 is 9.18 Å². The van der Waals surface area contributed by atoms with E-state index in [0.717, 1.165) is 5.56 Å². The molecule has 5 heteroatoms. The molecule has 0 saturated heterocycles. The monoisotopic (exact) mass is 360 g/mol. The van der Waals surface area contributed by atoms with Crippen LogP contribution < -0.4 is 0 Å². The Morgan fingerprint density at radius 2 is 1.84 bits per heavy atom. The number of ketones is 1. The first-order chi connectivity index (χ1) is 8.88. The third-order valence-corrected chi connectivity index (χ3v) is 3.97. The minimum Gasteiger partial charge on any atom is -0.288 e. The molecule has 1 nitrogen and oxygen atoms in total. The molecule has 0 saturated carbocycles. The molecule has 0 aliphatic heterocycles. The van der Waals surface area contributed by atoms with Crippen LogP contribution in [-0.4, -0.2) is 5.78 Å². The Kier molecular flexibility index (Phi) is 4.29. The van der Waals surface area contributed by atoms with Gasteiger partial charge in [0.15, 0.2) is 5.78 Å². The van der Waals surface area contributed by atoms with Crippen molar-refractivity contribution in [3.63, 3.8) is 0 Å². The highest BCUT2D eigenvalue weighted by Gasteiger charge is 2.17. The van der Waals surface area contributed by atoms with Gasteiger partial charge in [-0.1, -0.05) is 23.2 Å². The van der Waals surface area contributed by atoms with Crippen molar-refractivity contribution in [2.24, 2.45) is 0 Å². The zero-order valence-corrected chi connectivity index (χ0v) is 12.9. The molecular formula is C14H8BrCl2FO. The average molecular weight is 362 g/mol. The lowest BCUT2D eigenvalue weighted by molar-refractivity contribution is 0.103. The Bertz CT molecular complexity index is 650. The molecule has 19 heavy (non-hydrogen) atoms.